The van der Waals surface area contributed by atoms with Gasteiger partial charge in [-0.2, -0.15) is 0 Å². The van der Waals surface area contributed by atoms with Crippen LogP contribution < -0.4 is 4.74 Å². The van der Waals surface area contributed by atoms with E-state index in [1.54, 1.807) is 18.2 Å². The first-order valence-electron chi connectivity index (χ1n) is 4.91. The molecule has 2 rings (SSSR count). The zero-order chi connectivity index (χ0) is 13.2. The highest BCUT2D eigenvalue weighted by Gasteiger charge is 2.07. The molecule has 1 aromatic carbocycles. The molecule has 1 aromatic heterocycles. The van der Waals surface area contributed by atoms with Crippen LogP contribution >= 0.6 is 15.9 Å². The molecule has 2 aromatic rings. The van der Waals surface area contributed by atoms with Gasteiger partial charge in [0.25, 0.3) is 0 Å². The zero-order valence-corrected chi connectivity index (χ0v) is 11.8. The third-order valence-electron chi connectivity index (χ3n) is 2.08. The van der Waals surface area contributed by atoms with E-state index in [9.17, 15) is 8.42 Å². The van der Waals surface area contributed by atoms with E-state index in [4.69, 9.17) is 4.74 Å². The van der Waals surface area contributed by atoms with E-state index in [0.29, 0.717) is 16.2 Å². The van der Waals surface area contributed by atoms with Crippen LogP contribution in [-0.4, -0.2) is 24.6 Å². The van der Waals surface area contributed by atoms with Crippen molar-refractivity contribution in [3.8, 4) is 11.6 Å². The van der Waals surface area contributed by atoms with Crippen LogP contribution in [0.1, 0.15) is 0 Å². The van der Waals surface area contributed by atoms with E-state index in [0.717, 1.165) is 6.26 Å². The van der Waals surface area contributed by atoms with Crippen LogP contribution in [0.3, 0.4) is 0 Å². The summed E-state index contributed by atoms with van der Waals surface area (Å²) in [5.74, 6) is 0.886. The molecule has 1 heterocycles. The minimum Gasteiger partial charge on any atom is -0.439 e. The summed E-state index contributed by atoms with van der Waals surface area (Å²) in [6.45, 7) is 0. The maximum Gasteiger partial charge on any atom is 0.223 e. The topological polar surface area (TPSA) is 69.2 Å². The number of benzene rings is 1. The van der Waals surface area contributed by atoms with Crippen LogP contribution in [0.2, 0.25) is 0 Å². The molecule has 0 aliphatic rings. The van der Waals surface area contributed by atoms with E-state index in [2.05, 4.69) is 25.9 Å². The third-order valence-corrected chi connectivity index (χ3v) is 3.65. The van der Waals surface area contributed by atoms with Crippen molar-refractivity contribution in [3.63, 3.8) is 0 Å². The fraction of sp³-hybridized carbons (Fsp3) is 0.0909. The lowest BCUT2D eigenvalue weighted by Gasteiger charge is -2.05. The first kappa shape index (κ1) is 13.0. The molecule has 0 atom stereocenters. The number of halogens is 1. The number of ether oxygens (including phenoxy) is 1. The number of sulfone groups is 1. The Morgan fingerprint density at radius 2 is 1.83 bits per heavy atom. The average Bonchev–Trinajstić information content (AvgIpc) is 2.28. The van der Waals surface area contributed by atoms with E-state index >= 15 is 0 Å². The van der Waals surface area contributed by atoms with Gasteiger partial charge in [-0.05, 0) is 40.2 Å². The summed E-state index contributed by atoms with van der Waals surface area (Å²) in [5.41, 5.74) is 0. The Morgan fingerprint density at radius 3 is 2.39 bits per heavy atom. The predicted molar refractivity (Wildman–Crippen MR) is 69.4 cm³/mol. The van der Waals surface area contributed by atoms with Crippen molar-refractivity contribution in [2.24, 2.45) is 0 Å². The zero-order valence-electron chi connectivity index (χ0n) is 9.37. The highest BCUT2D eigenvalue weighted by molar-refractivity contribution is 9.10. The van der Waals surface area contributed by atoms with Gasteiger partial charge in [0, 0.05) is 12.3 Å². The first-order valence-corrected chi connectivity index (χ1v) is 7.59. The second-order valence-electron chi connectivity index (χ2n) is 3.52. The molecule has 0 N–H and O–H groups in total. The molecule has 0 saturated heterocycles. The van der Waals surface area contributed by atoms with Crippen molar-refractivity contribution in [1.29, 1.82) is 0 Å². The third kappa shape index (κ3) is 3.27. The summed E-state index contributed by atoms with van der Waals surface area (Å²) in [5, 5.41) is 0. The van der Waals surface area contributed by atoms with Crippen LogP contribution in [0.5, 0.6) is 11.6 Å². The smallest absolute Gasteiger partial charge is 0.223 e. The molecule has 0 aliphatic carbocycles. The van der Waals surface area contributed by atoms with Crippen molar-refractivity contribution in [3.05, 3.63) is 41.3 Å². The van der Waals surface area contributed by atoms with Crippen molar-refractivity contribution >= 4 is 25.8 Å². The normalized spacial score (nSPS) is 11.2. The summed E-state index contributed by atoms with van der Waals surface area (Å²) in [6.07, 6.45) is 2.52. The summed E-state index contributed by atoms with van der Waals surface area (Å²) < 4.78 is 28.6. The maximum absolute atomic E-state index is 11.3. The molecule has 0 saturated carbocycles. The van der Waals surface area contributed by atoms with Gasteiger partial charge < -0.3 is 4.74 Å². The van der Waals surface area contributed by atoms with E-state index < -0.39 is 9.84 Å². The largest absolute Gasteiger partial charge is 0.439 e. The molecule has 0 fully saturated rings. The highest BCUT2D eigenvalue weighted by Crippen LogP contribution is 2.22. The second-order valence-corrected chi connectivity index (χ2v) is 6.35. The van der Waals surface area contributed by atoms with Crippen LogP contribution in [0.25, 0.3) is 0 Å². The molecule has 0 radical (unpaired) electrons. The van der Waals surface area contributed by atoms with Gasteiger partial charge in [0.2, 0.25) is 5.88 Å². The molecule has 94 valence electrons. The second kappa shape index (κ2) is 5.03. The number of aromatic nitrogens is 2. The Labute approximate surface area is 113 Å². The lowest BCUT2D eigenvalue weighted by atomic mass is 10.3. The molecule has 7 heteroatoms. The van der Waals surface area contributed by atoms with Crippen LogP contribution in [0, 0.1) is 0 Å². The first-order chi connectivity index (χ1) is 8.45. The molecule has 0 spiro atoms. The Bertz CT molecular complexity index is 656. The van der Waals surface area contributed by atoms with Gasteiger partial charge in [0.05, 0.1) is 4.90 Å². The minimum absolute atomic E-state index is 0.249. The van der Waals surface area contributed by atoms with Crippen molar-refractivity contribution in [2.75, 3.05) is 6.26 Å². The number of hydrogen-bond acceptors (Lipinski definition) is 5. The number of nitrogens with zero attached hydrogens (tertiary/aromatic N) is 2. The SMILES string of the molecule is CS(=O)(=O)c1ccc(Oc2cc(Br)ncn2)cc1. The summed E-state index contributed by atoms with van der Waals surface area (Å²) in [7, 11) is -3.19. The minimum atomic E-state index is -3.19. The molecular formula is C11H9BrN2O3S. The molecule has 0 amide bonds. The quantitative estimate of drug-likeness (QED) is 0.809. The average molecular weight is 329 g/mol. The Balaban J connectivity index is 2.21. The highest BCUT2D eigenvalue weighted by atomic mass is 79.9. The fourth-order valence-electron chi connectivity index (χ4n) is 1.25. The fourth-order valence-corrected chi connectivity index (χ4v) is 2.17. The van der Waals surface area contributed by atoms with E-state index in [1.807, 2.05) is 0 Å². The maximum atomic E-state index is 11.3. The Kier molecular flexibility index (Phi) is 3.63. The monoisotopic (exact) mass is 328 g/mol. The standard InChI is InChI=1S/C11H9BrN2O3S/c1-18(15,16)9-4-2-8(3-5-9)17-11-6-10(12)13-7-14-11/h2-7H,1H3. The van der Waals surface area contributed by atoms with Crippen LogP contribution in [0.15, 0.2) is 46.2 Å². The van der Waals surface area contributed by atoms with Gasteiger partial charge in [-0.3, -0.25) is 0 Å². The molecule has 0 aliphatic heterocycles. The summed E-state index contributed by atoms with van der Waals surface area (Å²) in [6, 6.07) is 7.74. The van der Waals surface area contributed by atoms with Gasteiger partial charge >= 0.3 is 0 Å². The lowest BCUT2D eigenvalue weighted by Crippen LogP contribution is -1.96. The van der Waals surface area contributed by atoms with Gasteiger partial charge in [-0.25, -0.2) is 18.4 Å². The summed E-state index contributed by atoms with van der Waals surface area (Å²) in [4.78, 5) is 8.05. The number of rotatable bonds is 3. The van der Waals surface area contributed by atoms with Gasteiger partial charge in [0.1, 0.15) is 16.7 Å². The van der Waals surface area contributed by atoms with Gasteiger partial charge in [-0.15, -0.1) is 0 Å². The van der Waals surface area contributed by atoms with Crippen molar-refractivity contribution < 1.29 is 13.2 Å². The predicted octanol–water partition coefficient (Wildman–Crippen LogP) is 2.43. The Morgan fingerprint density at radius 1 is 1.17 bits per heavy atom. The Hall–Kier alpha value is -1.47. The molecular weight excluding hydrogens is 320 g/mol. The molecule has 0 unspecified atom stereocenters. The van der Waals surface area contributed by atoms with E-state index in [-0.39, 0.29) is 4.90 Å². The van der Waals surface area contributed by atoms with Crippen LogP contribution in [0.4, 0.5) is 0 Å². The van der Waals surface area contributed by atoms with Crippen molar-refractivity contribution in [1.82, 2.24) is 9.97 Å². The molecule has 18 heavy (non-hydrogen) atoms. The number of hydrogen-bond donors (Lipinski definition) is 0. The van der Waals surface area contributed by atoms with Crippen molar-refractivity contribution in [2.45, 2.75) is 4.90 Å². The lowest BCUT2D eigenvalue weighted by molar-refractivity contribution is 0.460. The van der Waals surface area contributed by atoms with Gasteiger partial charge in [-0.1, -0.05) is 0 Å². The van der Waals surface area contributed by atoms with Gasteiger partial charge in [0.15, 0.2) is 9.84 Å². The molecule has 0 bridgehead atoms. The van der Waals surface area contributed by atoms with E-state index in [1.165, 1.54) is 18.5 Å². The van der Waals surface area contributed by atoms with Crippen LogP contribution in [-0.2, 0) is 9.84 Å². The summed E-state index contributed by atoms with van der Waals surface area (Å²) >= 11 is 3.20. The molecule has 5 nitrogen and oxygen atoms in total.